The fraction of sp³-hybridized carbons (Fsp3) is 0.478. The molecule has 2 aromatic rings. The van der Waals surface area contributed by atoms with E-state index in [1.54, 1.807) is 6.20 Å². The molecule has 1 aliphatic rings. The van der Waals surface area contributed by atoms with Crippen LogP contribution in [0.2, 0.25) is 0 Å². The van der Waals surface area contributed by atoms with Gasteiger partial charge >= 0.3 is 0 Å². The van der Waals surface area contributed by atoms with Crippen LogP contribution in [0.25, 0.3) is 0 Å². The first-order valence-corrected chi connectivity index (χ1v) is 10.1. The first-order valence-electron chi connectivity index (χ1n) is 10.1. The molecule has 1 amide bonds. The maximum atomic E-state index is 12.8. The fourth-order valence-electron chi connectivity index (χ4n) is 3.51. The molecule has 0 atom stereocenters. The second kappa shape index (κ2) is 9.20. The number of hydrogen-bond acceptors (Lipinski definition) is 4. The molecule has 0 radical (unpaired) electrons. The van der Waals surface area contributed by atoms with Crippen LogP contribution < -0.4 is 10.6 Å². The molecule has 0 spiro atoms. The van der Waals surface area contributed by atoms with Gasteiger partial charge in [-0.3, -0.25) is 4.79 Å². The lowest BCUT2D eigenvalue weighted by atomic mass is 9.97. The third kappa shape index (κ3) is 4.90. The van der Waals surface area contributed by atoms with Gasteiger partial charge in [-0.25, -0.2) is 4.98 Å². The third-order valence-electron chi connectivity index (χ3n) is 5.56. The van der Waals surface area contributed by atoms with Crippen LogP contribution in [0.1, 0.15) is 59.7 Å². The van der Waals surface area contributed by atoms with Gasteiger partial charge in [0, 0.05) is 31.6 Å². The zero-order valence-electron chi connectivity index (χ0n) is 17.3. The highest BCUT2D eigenvalue weighted by Crippen LogP contribution is 2.26. The second-order valence-corrected chi connectivity index (χ2v) is 7.95. The molecule has 2 heterocycles. The Labute approximate surface area is 167 Å². The van der Waals surface area contributed by atoms with Gasteiger partial charge in [-0.1, -0.05) is 26.0 Å². The predicted octanol–water partition coefficient (Wildman–Crippen LogP) is 4.72. The Bertz CT molecular complexity index is 827. The van der Waals surface area contributed by atoms with E-state index >= 15 is 0 Å². The molecule has 1 fully saturated rings. The van der Waals surface area contributed by atoms with Crippen LogP contribution in [-0.4, -0.2) is 30.6 Å². The van der Waals surface area contributed by atoms with Crippen molar-refractivity contribution in [2.75, 3.05) is 25.1 Å². The van der Waals surface area contributed by atoms with Crippen molar-refractivity contribution in [3.63, 3.8) is 0 Å². The number of hydrogen-bond donors (Lipinski definition) is 2. The van der Waals surface area contributed by atoms with E-state index in [1.807, 2.05) is 18.2 Å². The van der Waals surface area contributed by atoms with Crippen molar-refractivity contribution in [3.05, 3.63) is 52.7 Å². The lowest BCUT2D eigenvalue weighted by Crippen LogP contribution is -2.32. The average Bonchev–Trinajstić information content (AvgIpc) is 2.70. The van der Waals surface area contributed by atoms with Gasteiger partial charge in [0.1, 0.15) is 5.82 Å². The molecule has 1 aromatic carbocycles. The molecular weight excluding hydrogens is 350 g/mol. The smallest absolute Gasteiger partial charge is 0.253 e. The number of pyridine rings is 1. The van der Waals surface area contributed by atoms with Crippen LogP contribution >= 0.6 is 0 Å². The van der Waals surface area contributed by atoms with Crippen LogP contribution in [0, 0.1) is 19.8 Å². The van der Waals surface area contributed by atoms with Crippen LogP contribution in [0.4, 0.5) is 11.5 Å². The Morgan fingerprint density at radius 3 is 2.71 bits per heavy atom. The van der Waals surface area contributed by atoms with E-state index in [0.29, 0.717) is 18.0 Å². The zero-order valence-corrected chi connectivity index (χ0v) is 17.3. The van der Waals surface area contributed by atoms with Crippen LogP contribution in [-0.2, 0) is 4.74 Å². The molecule has 2 N–H and O–H groups in total. The minimum Gasteiger partial charge on any atom is -0.381 e. The summed E-state index contributed by atoms with van der Waals surface area (Å²) < 4.78 is 5.39. The van der Waals surface area contributed by atoms with Crippen molar-refractivity contribution in [3.8, 4) is 0 Å². The molecule has 1 aromatic heterocycles. The molecule has 0 bridgehead atoms. The maximum absolute atomic E-state index is 12.8. The fourth-order valence-corrected chi connectivity index (χ4v) is 3.51. The van der Waals surface area contributed by atoms with E-state index in [0.717, 1.165) is 43.1 Å². The molecule has 3 rings (SSSR count). The summed E-state index contributed by atoms with van der Waals surface area (Å²) in [6.45, 7) is 10.7. The number of nitrogens with zero attached hydrogens (tertiary/aromatic N) is 1. The number of carbonyl (C=O) groups is 1. The van der Waals surface area contributed by atoms with Gasteiger partial charge in [-0.05, 0) is 67.3 Å². The van der Waals surface area contributed by atoms with E-state index in [9.17, 15) is 4.79 Å². The SMILES string of the molecule is Cc1cccc(Nc2cc(C(C)C)c(C(=O)NCC3CCOCC3)cn2)c1C. The lowest BCUT2D eigenvalue weighted by Gasteiger charge is -2.22. The molecule has 0 aliphatic carbocycles. The quantitative estimate of drug-likeness (QED) is 0.760. The molecule has 28 heavy (non-hydrogen) atoms. The molecule has 0 saturated carbocycles. The summed E-state index contributed by atoms with van der Waals surface area (Å²) in [6.07, 6.45) is 3.71. The second-order valence-electron chi connectivity index (χ2n) is 7.95. The van der Waals surface area contributed by atoms with E-state index in [1.165, 1.54) is 11.1 Å². The van der Waals surface area contributed by atoms with Gasteiger partial charge in [0.2, 0.25) is 0 Å². The van der Waals surface area contributed by atoms with Gasteiger partial charge in [0.15, 0.2) is 0 Å². The zero-order chi connectivity index (χ0) is 20.1. The monoisotopic (exact) mass is 381 g/mol. The maximum Gasteiger partial charge on any atom is 0.253 e. The number of benzene rings is 1. The van der Waals surface area contributed by atoms with E-state index in [2.05, 4.69) is 49.4 Å². The summed E-state index contributed by atoms with van der Waals surface area (Å²) in [7, 11) is 0. The van der Waals surface area contributed by atoms with Gasteiger partial charge in [-0.2, -0.15) is 0 Å². The topological polar surface area (TPSA) is 63.2 Å². The van der Waals surface area contributed by atoms with Crippen molar-refractivity contribution in [2.45, 2.75) is 46.5 Å². The van der Waals surface area contributed by atoms with Gasteiger partial charge < -0.3 is 15.4 Å². The number of ether oxygens (including phenoxy) is 1. The number of amides is 1. The van der Waals surface area contributed by atoms with Crippen molar-refractivity contribution in [2.24, 2.45) is 5.92 Å². The largest absolute Gasteiger partial charge is 0.381 e. The number of rotatable bonds is 6. The molecule has 5 heteroatoms. The molecule has 1 saturated heterocycles. The Morgan fingerprint density at radius 1 is 1.25 bits per heavy atom. The van der Waals surface area contributed by atoms with Crippen LogP contribution in [0.5, 0.6) is 0 Å². The predicted molar refractivity (Wildman–Crippen MR) is 113 cm³/mol. The normalized spacial score (nSPS) is 14.9. The number of carbonyl (C=O) groups excluding carboxylic acids is 1. The number of nitrogens with one attached hydrogen (secondary N) is 2. The summed E-state index contributed by atoms with van der Waals surface area (Å²) in [5, 5.41) is 6.50. The summed E-state index contributed by atoms with van der Waals surface area (Å²) >= 11 is 0. The minimum atomic E-state index is -0.0408. The average molecular weight is 382 g/mol. The Balaban J connectivity index is 1.75. The summed E-state index contributed by atoms with van der Waals surface area (Å²) in [5.74, 6) is 1.45. The first-order chi connectivity index (χ1) is 13.5. The van der Waals surface area contributed by atoms with Gasteiger partial charge in [-0.15, -0.1) is 0 Å². The minimum absolute atomic E-state index is 0.0408. The third-order valence-corrected chi connectivity index (χ3v) is 5.56. The van der Waals surface area contributed by atoms with Crippen molar-refractivity contribution in [1.82, 2.24) is 10.3 Å². The molecule has 5 nitrogen and oxygen atoms in total. The highest BCUT2D eigenvalue weighted by atomic mass is 16.5. The Morgan fingerprint density at radius 2 is 2.00 bits per heavy atom. The van der Waals surface area contributed by atoms with Gasteiger partial charge in [0.05, 0.1) is 5.56 Å². The van der Waals surface area contributed by atoms with Crippen molar-refractivity contribution >= 4 is 17.4 Å². The molecular formula is C23H31N3O2. The Hall–Kier alpha value is -2.40. The van der Waals surface area contributed by atoms with Crippen molar-refractivity contribution in [1.29, 1.82) is 0 Å². The van der Waals surface area contributed by atoms with Crippen molar-refractivity contribution < 1.29 is 9.53 Å². The lowest BCUT2D eigenvalue weighted by molar-refractivity contribution is 0.0642. The highest BCUT2D eigenvalue weighted by molar-refractivity contribution is 5.96. The number of aromatic nitrogens is 1. The van der Waals surface area contributed by atoms with E-state index < -0.39 is 0 Å². The first kappa shape index (κ1) is 20.3. The Kier molecular flexibility index (Phi) is 6.68. The van der Waals surface area contributed by atoms with Crippen LogP contribution in [0.15, 0.2) is 30.5 Å². The highest BCUT2D eigenvalue weighted by Gasteiger charge is 2.19. The van der Waals surface area contributed by atoms with Crippen LogP contribution in [0.3, 0.4) is 0 Å². The molecule has 1 aliphatic heterocycles. The summed E-state index contributed by atoms with van der Waals surface area (Å²) in [6, 6.07) is 8.18. The standard InChI is InChI=1S/C23H31N3O2/c1-15(2)19-12-22(26-21-7-5-6-16(3)17(21)4)24-14-20(19)23(27)25-13-18-8-10-28-11-9-18/h5-7,12,14-15,18H,8-11,13H2,1-4H3,(H,24,26)(H,25,27). The molecule has 0 unspecified atom stereocenters. The van der Waals surface area contributed by atoms with Gasteiger partial charge in [0.25, 0.3) is 5.91 Å². The number of anilines is 2. The summed E-state index contributed by atoms with van der Waals surface area (Å²) in [4.78, 5) is 17.3. The summed E-state index contributed by atoms with van der Waals surface area (Å²) in [5.41, 5.74) is 5.15. The number of aryl methyl sites for hydroxylation is 1. The van der Waals surface area contributed by atoms with E-state index in [-0.39, 0.29) is 11.8 Å². The van der Waals surface area contributed by atoms with E-state index in [4.69, 9.17) is 4.74 Å². The molecule has 150 valence electrons.